The number of rotatable bonds is 7. The third kappa shape index (κ3) is 3.77. The van der Waals surface area contributed by atoms with Crippen molar-refractivity contribution in [2.75, 3.05) is 13.2 Å². The number of pyridine rings is 1. The third-order valence-electron chi connectivity index (χ3n) is 5.37. The minimum atomic E-state index is -3.57. The number of fused-ring (bicyclic) bond motifs is 1. The lowest BCUT2D eigenvalue weighted by Crippen LogP contribution is -2.28. The number of nitrogens with one attached hydrogen (secondary N) is 1. The molecule has 0 amide bonds. The largest absolute Gasteiger partial charge is 0.493 e. The quantitative estimate of drug-likeness (QED) is 0.647. The van der Waals surface area contributed by atoms with E-state index in [1.807, 2.05) is 16.8 Å². The zero-order chi connectivity index (χ0) is 19.8. The standard InChI is InChI=1S/C21H22N4O3S/c26-29(27,18-3-4-21-17(13-18)7-12-28-21)23-10-11-25-20(16-1-2-16)14-19(24-25)15-5-8-22-9-6-15/h3-6,8-9,13-14,16,23H,1-2,7,10-12H2. The molecule has 3 heterocycles. The van der Waals surface area contributed by atoms with Crippen molar-refractivity contribution in [2.45, 2.75) is 36.6 Å². The molecular formula is C21H22N4O3S. The molecule has 1 fully saturated rings. The summed E-state index contributed by atoms with van der Waals surface area (Å²) in [6, 6.07) is 11.0. The summed E-state index contributed by atoms with van der Waals surface area (Å²) in [5, 5.41) is 4.72. The fourth-order valence-electron chi connectivity index (χ4n) is 3.68. The smallest absolute Gasteiger partial charge is 0.240 e. The van der Waals surface area contributed by atoms with Crippen molar-refractivity contribution < 1.29 is 13.2 Å². The van der Waals surface area contributed by atoms with E-state index in [2.05, 4.69) is 15.8 Å². The first-order valence-corrected chi connectivity index (χ1v) is 11.3. The summed E-state index contributed by atoms with van der Waals surface area (Å²) >= 11 is 0. The molecule has 7 nitrogen and oxygen atoms in total. The van der Waals surface area contributed by atoms with Gasteiger partial charge in [0.25, 0.3) is 0 Å². The second-order valence-electron chi connectivity index (χ2n) is 7.45. The van der Waals surface area contributed by atoms with Gasteiger partial charge in [-0.25, -0.2) is 13.1 Å². The van der Waals surface area contributed by atoms with Gasteiger partial charge in [0.05, 0.1) is 23.7 Å². The van der Waals surface area contributed by atoms with Crippen LogP contribution in [0, 0.1) is 0 Å². The molecule has 2 aromatic heterocycles. The van der Waals surface area contributed by atoms with E-state index in [0.717, 1.165) is 41.8 Å². The molecule has 0 saturated heterocycles. The minimum absolute atomic E-state index is 0.280. The highest BCUT2D eigenvalue weighted by atomic mass is 32.2. The van der Waals surface area contributed by atoms with Gasteiger partial charge in [-0.05, 0) is 54.8 Å². The SMILES string of the molecule is O=S(=O)(NCCn1nc(-c2ccncc2)cc1C1CC1)c1ccc2c(c1)CCO2. The lowest BCUT2D eigenvalue weighted by atomic mass is 10.2. The molecule has 0 bridgehead atoms. The molecular weight excluding hydrogens is 388 g/mol. The van der Waals surface area contributed by atoms with Gasteiger partial charge in [0, 0.05) is 42.5 Å². The summed E-state index contributed by atoms with van der Waals surface area (Å²) in [5.41, 5.74) is 4.03. The Balaban J connectivity index is 1.30. The van der Waals surface area contributed by atoms with Gasteiger partial charge in [-0.2, -0.15) is 5.10 Å². The number of hydrogen-bond acceptors (Lipinski definition) is 5. The minimum Gasteiger partial charge on any atom is -0.493 e. The normalized spacial score (nSPS) is 15.9. The highest BCUT2D eigenvalue weighted by Gasteiger charge is 2.28. The summed E-state index contributed by atoms with van der Waals surface area (Å²) in [4.78, 5) is 4.34. The maximum atomic E-state index is 12.7. The molecule has 1 aliphatic carbocycles. The van der Waals surface area contributed by atoms with Crippen LogP contribution in [0.1, 0.15) is 30.0 Å². The molecule has 1 aliphatic heterocycles. The number of aromatic nitrogens is 3. The maximum Gasteiger partial charge on any atom is 0.240 e. The fraction of sp³-hybridized carbons (Fsp3) is 0.333. The first-order chi connectivity index (χ1) is 14.1. The van der Waals surface area contributed by atoms with E-state index in [-0.39, 0.29) is 11.4 Å². The van der Waals surface area contributed by atoms with Gasteiger partial charge in [-0.1, -0.05) is 0 Å². The number of nitrogens with zero attached hydrogens (tertiary/aromatic N) is 3. The van der Waals surface area contributed by atoms with Crippen molar-refractivity contribution in [2.24, 2.45) is 0 Å². The van der Waals surface area contributed by atoms with Crippen molar-refractivity contribution in [3.05, 3.63) is 60.0 Å². The predicted octanol–water partition coefficient (Wildman–Crippen LogP) is 2.74. The zero-order valence-electron chi connectivity index (χ0n) is 15.9. The van der Waals surface area contributed by atoms with Gasteiger partial charge in [0.1, 0.15) is 5.75 Å². The molecule has 8 heteroatoms. The molecule has 1 aromatic carbocycles. The Morgan fingerprint density at radius 3 is 2.76 bits per heavy atom. The van der Waals surface area contributed by atoms with Crippen LogP contribution in [-0.4, -0.2) is 36.3 Å². The van der Waals surface area contributed by atoms with Crippen molar-refractivity contribution >= 4 is 10.0 Å². The Bertz CT molecular complexity index is 1140. The zero-order valence-corrected chi connectivity index (χ0v) is 16.7. The van der Waals surface area contributed by atoms with Gasteiger partial charge in [-0.3, -0.25) is 9.67 Å². The summed E-state index contributed by atoms with van der Waals surface area (Å²) in [5.74, 6) is 1.30. The molecule has 1 saturated carbocycles. The van der Waals surface area contributed by atoms with E-state index in [0.29, 0.717) is 19.1 Å². The van der Waals surface area contributed by atoms with Crippen molar-refractivity contribution in [1.82, 2.24) is 19.5 Å². The topological polar surface area (TPSA) is 86.1 Å². The summed E-state index contributed by atoms with van der Waals surface area (Å²) in [6.45, 7) is 1.38. The van der Waals surface area contributed by atoms with E-state index in [1.54, 1.807) is 30.6 Å². The molecule has 29 heavy (non-hydrogen) atoms. The molecule has 3 aromatic rings. The van der Waals surface area contributed by atoms with Gasteiger partial charge >= 0.3 is 0 Å². The van der Waals surface area contributed by atoms with E-state index >= 15 is 0 Å². The first-order valence-electron chi connectivity index (χ1n) is 9.84. The van der Waals surface area contributed by atoms with Crippen LogP contribution in [0.25, 0.3) is 11.3 Å². The van der Waals surface area contributed by atoms with Crippen LogP contribution < -0.4 is 9.46 Å². The van der Waals surface area contributed by atoms with Crippen LogP contribution in [0.3, 0.4) is 0 Å². The highest BCUT2D eigenvalue weighted by molar-refractivity contribution is 7.89. The molecule has 150 valence electrons. The molecule has 0 atom stereocenters. The van der Waals surface area contributed by atoms with Crippen LogP contribution in [0.4, 0.5) is 0 Å². The van der Waals surface area contributed by atoms with E-state index in [4.69, 9.17) is 9.84 Å². The predicted molar refractivity (Wildman–Crippen MR) is 108 cm³/mol. The third-order valence-corrected chi connectivity index (χ3v) is 6.83. The summed E-state index contributed by atoms with van der Waals surface area (Å²) in [6.07, 6.45) is 6.56. The molecule has 0 unspecified atom stereocenters. The van der Waals surface area contributed by atoms with Crippen molar-refractivity contribution in [1.29, 1.82) is 0 Å². The van der Waals surface area contributed by atoms with Crippen LogP contribution in [0.15, 0.2) is 53.7 Å². The summed E-state index contributed by atoms with van der Waals surface area (Å²) in [7, 11) is -3.57. The van der Waals surface area contributed by atoms with Gasteiger partial charge in [-0.15, -0.1) is 0 Å². The average Bonchev–Trinajstić information content (AvgIpc) is 3.31. The Kier molecular flexibility index (Phi) is 4.60. The van der Waals surface area contributed by atoms with Gasteiger partial charge in [0.15, 0.2) is 0 Å². The Labute approximate surface area is 169 Å². The van der Waals surface area contributed by atoms with E-state index in [1.165, 1.54) is 5.69 Å². The average molecular weight is 410 g/mol. The molecule has 0 spiro atoms. The molecule has 0 radical (unpaired) electrons. The Hall–Kier alpha value is -2.71. The van der Waals surface area contributed by atoms with Crippen LogP contribution in [-0.2, 0) is 23.0 Å². The van der Waals surface area contributed by atoms with Gasteiger partial charge in [0.2, 0.25) is 10.0 Å². The fourth-order valence-corrected chi connectivity index (χ4v) is 4.75. The second kappa shape index (κ2) is 7.27. The monoisotopic (exact) mass is 410 g/mol. The Morgan fingerprint density at radius 1 is 1.14 bits per heavy atom. The molecule has 1 N–H and O–H groups in total. The van der Waals surface area contributed by atoms with Crippen LogP contribution in [0.2, 0.25) is 0 Å². The van der Waals surface area contributed by atoms with Crippen molar-refractivity contribution in [3.8, 4) is 17.0 Å². The number of sulfonamides is 1. The van der Waals surface area contributed by atoms with Crippen LogP contribution in [0.5, 0.6) is 5.75 Å². The number of ether oxygens (including phenoxy) is 1. The lowest BCUT2D eigenvalue weighted by molar-refractivity contribution is 0.356. The first kappa shape index (κ1) is 18.3. The van der Waals surface area contributed by atoms with E-state index < -0.39 is 10.0 Å². The lowest BCUT2D eigenvalue weighted by Gasteiger charge is -2.10. The molecule has 5 rings (SSSR count). The van der Waals surface area contributed by atoms with Crippen molar-refractivity contribution in [3.63, 3.8) is 0 Å². The summed E-state index contributed by atoms with van der Waals surface area (Å²) < 4.78 is 35.5. The number of hydrogen-bond donors (Lipinski definition) is 1. The maximum absolute atomic E-state index is 12.7. The van der Waals surface area contributed by atoms with Gasteiger partial charge < -0.3 is 4.74 Å². The highest BCUT2D eigenvalue weighted by Crippen LogP contribution is 2.41. The number of benzene rings is 1. The van der Waals surface area contributed by atoms with Crippen LogP contribution >= 0.6 is 0 Å². The molecule has 2 aliphatic rings. The second-order valence-corrected chi connectivity index (χ2v) is 9.22. The Morgan fingerprint density at radius 2 is 1.97 bits per heavy atom. The van der Waals surface area contributed by atoms with E-state index in [9.17, 15) is 8.42 Å².